The van der Waals surface area contributed by atoms with E-state index in [-0.39, 0.29) is 5.66 Å². The van der Waals surface area contributed by atoms with Gasteiger partial charge in [0.25, 0.3) is 0 Å². The Hall–Kier alpha value is -2.04. The van der Waals surface area contributed by atoms with Crippen molar-refractivity contribution in [3.05, 3.63) is 35.9 Å². The fraction of sp³-hybridized carbons (Fsp3) is 0.652. The lowest BCUT2D eigenvalue weighted by Crippen LogP contribution is -2.63. The highest BCUT2D eigenvalue weighted by atomic mass is 15.4. The predicted molar refractivity (Wildman–Crippen MR) is 120 cm³/mol. The number of nitrogens with zero attached hydrogens (tertiary/aromatic N) is 3. The van der Waals surface area contributed by atoms with Crippen LogP contribution in [0.5, 0.6) is 0 Å². The average Bonchev–Trinajstić information content (AvgIpc) is 2.67. The van der Waals surface area contributed by atoms with Crippen LogP contribution < -0.4 is 11.1 Å². The smallest absolute Gasteiger partial charge is 0.223 e. The summed E-state index contributed by atoms with van der Waals surface area (Å²) in [4.78, 5) is 11.2. The van der Waals surface area contributed by atoms with Gasteiger partial charge in [0, 0.05) is 13.1 Å². The molecule has 0 bridgehead atoms. The number of nitrogens with two attached hydrogens (primary N) is 1. The van der Waals surface area contributed by atoms with E-state index in [0.717, 1.165) is 19.5 Å². The van der Waals surface area contributed by atoms with E-state index in [4.69, 9.17) is 5.73 Å². The highest BCUT2D eigenvalue weighted by Crippen LogP contribution is 2.18. The maximum absolute atomic E-state index is 6.27. The number of nitrogens with one attached hydrogen (secondary N) is 1. The molecule has 1 aliphatic heterocycles. The predicted octanol–water partition coefficient (Wildman–Crippen LogP) is 5.03. The van der Waals surface area contributed by atoms with Crippen LogP contribution in [0.2, 0.25) is 0 Å². The number of rotatable bonds is 12. The summed E-state index contributed by atoms with van der Waals surface area (Å²) in [5, 5.41) is 3.43. The number of aliphatic imine (C=N–C) groups is 2. The van der Waals surface area contributed by atoms with Gasteiger partial charge in [0.1, 0.15) is 5.66 Å². The Kier molecular flexibility index (Phi) is 9.32. The van der Waals surface area contributed by atoms with Gasteiger partial charge in [-0.1, -0.05) is 88.6 Å². The molecule has 0 amide bonds. The zero-order valence-electron chi connectivity index (χ0n) is 18.1. The van der Waals surface area contributed by atoms with Crippen molar-refractivity contribution in [3.8, 4) is 0 Å². The van der Waals surface area contributed by atoms with Crippen molar-refractivity contribution in [2.45, 2.75) is 90.8 Å². The maximum Gasteiger partial charge on any atom is 0.223 e. The summed E-state index contributed by atoms with van der Waals surface area (Å²) in [5.74, 6) is 1.19. The Bertz CT molecular complexity index is 621. The molecule has 0 unspecified atom stereocenters. The molecule has 156 valence electrons. The minimum absolute atomic E-state index is 0.320. The second-order valence-electron chi connectivity index (χ2n) is 8.26. The van der Waals surface area contributed by atoms with Gasteiger partial charge in [0.2, 0.25) is 11.9 Å². The molecule has 0 radical (unpaired) electrons. The minimum Gasteiger partial charge on any atom is -0.369 e. The summed E-state index contributed by atoms with van der Waals surface area (Å²) < 4.78 is 0. The molecule has 1 aliphatic rings. The first-order valence-electron chi connectivity index (χ1n) is 11.0. The fourth-order valence-corrected chi connectivity index (χ4v) is 3.55. The quantitative estimate of drug-likeness (QED) is 0.496. The monoisotopic (exact) mass is 385 g/mol. The van der Waals surface area contributed by atoms with E-state index in [9.17, 15) is 0 Å². The van der Waals surface area contributed by atoms with Crippen LogP contribution in [-0.2, 0) is 6.54 Å². The van der Waals surface area contributed by atoms with Gasteiger partial charge in [0.15, 0.2) is 0 Å². The van der Waals surface area contributed by atoms with E-state index in [2.05, 4.69) is 53.1 Å². The average molecular weight is 386 g/mol. The molecule has 28 heavy (non-hydrogen) atoms. The summed E-state index contributed by atoms with van der Waals surface area (Å²) >= 11 is 0. The van der Waals surface area contributed by atoms with Crippen molar-refractivity contribution in [2.24, 2.45) is 15.7 Å². The Balaban J connectivity index is 1.74. The molecule has 2 rings (SSSR count). The molecule has 1 aromatic rings. The van der Waals surface area contributed by atoms with Crippen molar-refractivity contribution in [3.63, 3.8) is 0 Å². The summed E-state index contributed by atoms with van der Waals surface area (Å²) in [5.41, 5.74) is 7.16. The Labute approximate surface area is 171 Å². The van der Waals surface area contributed by atoms with Crippen LogP contribution >= 0.6 is 0 Å². The number of guanidine groups is 2. The summed E-state index contributed by atoms with van der Waals surface area (Å²) in [7, 11) is 0. The van der Waals surface area contributed by atoms with Crippen molar-refractivity contribution >= 4 is 11.9 Å². The van der Waals surface area contributed by atoms with E-state index >= 15 is 0 Å². The van der Waals surface area contributed by atoms with Gasteiger partial charge in [-0.15, -0.1) is 0 Å². The van der Waals surface area contributed by atoms with Gasteiger partial charge in [-0.25, -0.2) is 0 Å². The van der Waals surface area contributed by atoms with E-state index in [0.29, 0.717) is 11.9 Å². The molecule has 0 spiro atoms. The van der Waals surface area contributed by atoms with Crippen molar-refractivity contribution in [1.82, 2.24) is 10.2 Å². The third-order valence-corrected chi connectivity index (χ3v) is 5.30. The van der Waals surface area contributed by atoms with Crippen LogP contribution in [0.25, 0.3) is 0 Å². The molecular weight excluding hydrogens is 346 g/mol. The number of unbranched alkanes of at least 4 members (excludes halogenated alkanes) is 8. The first-order valence-corrected chi connectivity index (χ1v) is 11.0. The maximum atomic E-state index is 6.27. The lowest BCUT2D eigenvalue weighted by Gasteiger charge is -2.43. The minimum atomic E-state index is -0.320. The molecule has 1 aromatic carbocycles. The van der Waals surface area contributed by atoms with Crippen LogP contribution in [-0.4, -0.2) is 29.0 Å². The van der Waals surface area contributed by atoms with E-state index in [1.807, 2.05) is 18.2 Å². The van der Waals surface area contributed by atoms with E-state index in [1.165, 1.54) is 56.9 Å². The lowest BCUT2D eigenvalue weighted by atomic mass is 10.1. The summed E-state index contributed by atoms with van der Waals surface area (Å²) in [6.45, 7) is 8.03. The first kappa shape index (κ1) is 22.3. The first-order chi connectivity index (χ1) is 13.5. The van der Waals surface area contributed by atoms with Gasteiger partial charge in [-0.3, -0.25) is 4.99 Å². The topological polar surface area (TPSA) is 66.0 Å². The van der Waals surface area contributed by atoms with Crippen LogP contribution in [0.15, 0.2) is 40.3 Å². The number of benzene rings is 1. The third-order valence-electron chi connectivity index (χ3n) is 5.30. The van der Waals surface area contributed by atoms with E-state index < -0.39 is 0 Å². The number of hydrogen-bond donors (Lipinski definition) is 2. The molecule has 0 atom stereocenters. The normalized spacial score (nSPS) is 17.5. The molecule has 0 aromatic heterocycles. The van der Waals surface area contributed by atoms with E-state index in [1.54, 1.807) is 0 Å². The highest BCUT2D eigenvalue weighted by molar-refractivity contribution is 5.97. The SMILES string of the molecule is CCCCCCCCCCCN=C1N=C(N)N(Cc2ccccc2)C(C)(C)N1. The fourth-order valence-electron chi connectivity index (χ4n) is 3.55. The Morgan fingerprint density at radius 3 is 2.18 bits per heavy atom. The van der Waals surface area contributed by atoms with Gasteiger partial charge < -0.3 is 16.0 Å². The van der Waals surface area contributed by atoms with Gasteiger partial charge in [-0.05, 0) is 25.8 Å². The zero-order valence-corrected chi connectivity index (χ0v) is 18.1. The third kappa shape index (κ3) is 7.53. The largest absolute Gasteiger partial charge is 0.369 e. The standard InChI is InChI=1S/C23H39N5/c1-4-5-6-7-8-9-10-11-15-18-25-22-26-21(24)28(23(2,3)27-22)19-20-16-13-12-14-17-20/h12-14,16-17H,4-11,15,18-19H2,1-3H3,(H3,24,25,26,27). The molecular formula is C23H39N5. The van der Waals surface area contributed by atoms with Crippen LogP contribution in [0.4, 0.5) is 0 Å². The molecule has 5 nitrogen and oxygen atoms in total. The highest BCUT2D eigenvalue weighted by Gasteiger charge is 2.33. The van der Waals surface area contributed by atoms with Gasteiger partial charge in [0.05, 0.1) is 0 Å². The molecule has 1 heterocycles. The van der Waals surface area contributed by atoms with Crippen LogP contribution in [0.3, 0.4) is 0 Å². The van der Waals surface area contributed by atoms with Crippen molar-refractivity contribution in [1.29, 1.82) is 0 Å². The second-order valence-corrected chi connectivity index (χ2v) is 8.26. The van der Waals surface area contributed by atoms with Crippen molar-refractivity contribution < 1.29 is 0 Å². The molecule has 5 heteroatoms. The summed E-state index contributed by atoms with van der Waals surface area (Å²) in [6.07, 6.45) is 11.9. The number of hydrogen-bond acceptors (Lipinski definition) is 3. The molecule has 0 fully saturated rings. The molecule has 3 N–H and O–H groups in total. The zero-order chi connectivity index (χ0) is 20.2. The Morgan fingerprint density at radius 2 is 1.57 bits per heavy atom. The molecule has 0 aliphatic carbocycles. The van der Waals surface area contributed by atoms with Crippen molar-refractivity contribution in [2.75, 3.05) is 6.54 Å². The molecule has 0 saturated heterocycles. The second kappa shape index (κ2) is 11.7. The molecule has 0 saturated carbocycles. The lowest BCUT2D eigenvalue weighted by molar-refractivity contribution is 0.178. The van der Waals surface area contributed by atoms with Crippen LogP contribution in [0.1, 0.15) is 84.1 Å². The Morgan fingerprint density at radius 1 is 0.964 bits per heavy atom. The van der Waals surface area contributed by atoms with Gasteiger partial charge in [-0.2, -0.15) is 4.99 Å². The van der Waals surface area contributed by atoms with Crippen LogP contribution in [0, 0.1) is 0 Å². The summed E-state index contributed by atoms with van der Waals surface area (Å²) in [6, 6.07) is 10.3. The van der Waals surface area contributed by atoms with Gasteiger partial charge >= 0.3 is 0 Å².